The third kappa shape index (κ3) is 1.73. The van der Waals surface area contributed by atoms with Crippen LogP contribution in [0.3, 0.4) is 0 Å². The summed E-state index contributed by atoms with van der Waals surface area (Å²) in [7, 11) is 0. The lowest BCUT2D eigenvalue weighted by Crippen LogP contribution is -2.54. The van der Waals surface area contributed by atoms with E-state index in [1.54, 1.807) is 0 Å². The molecule has 130 valence electrons. The van der Waals surface area contributed by atoms with Gasteiger partial charge in [-0.2, -0.15) is 0 Å². The SMILES string of the molecule is C[C@]12CCC(=O)C=C1C=C[C@@H]1[C@@H]2CC[C@@]2(C)[C@H]1CCC21OCCO1. The molecule has 24 heavy (non-hydrogen) atoms. The normalized spacial score (nSPS) is 48.8. The standard InChI is InChI=1S/C21H28O3/c1-19-8-5-15(22)13-14(19)3-4-16-17(19)6-9-20(2)18(16)7-10-21(20)23-11-12-24-21/h3-4,13,16-18H,5-12H2,1-2H3/t16-,17+,18+,19+,20+/m1/s1. The topological polar surface area (TPSA) is 35.5 Å². The van der Waals surface area contributed by atoms with Gasteiger partial charge in [-0.15, -0.1) is 0 Å². The third-order valence-corrected chi connectivity index (χ3v) is 8.31. The maximum absolute atomic E-state index is 11.9. The van der Waals surface area contributed by atoms with Crippen molar-refractivity contribution in [2.24, 2.45) is 28.6 Å². The zero-order valence-corrected chi connectivity index (χ0v) is 14.8. The molecule has 3 nitrogen and oxygen atoms in total. The molecule has 5 atom stereocenters. The summed E-state index contributed by atoms with van der Waals surface area (Å²) >= 11 is 0. The highest BCUT2D eigenvalue weighted by Crippen LogP contribution is 2.67. The van der Waals surface area contributed by atoms with Gasteiger partial charge in [0, 0.05) is 18.3 Å². The summed E-state index contributed by atoms with van der Waals surface area (Å²) in [6.45, 7) is 6.32. The van der Waals surface area contributed by atoms with Gasteiger partial charge in [0.15, 0.2) is 11.6 Å². The van der Waals surface area contributed by atoms with E-state index in [1.807, 2.05) is 6.08 Å². The van der Waals surface area contributed by atoms with Crippen LogP contribution in [-0.2, 0) is 14.3 Å². The predicted octanol–water partition coefficient (Wildman–Crippen LogP) is 4.04. The van der Waals surface area contributed by atoms with Crippen LogP contribution in [0.1, 0.15) is 52.4 Å². The molecule has 1 saturated heterocycles. The Bertz CT molecular complexity index is 641. The van der Waals surface area contributed by atoms with Gasteiger partial charge >= 0.3 is 0 Å². The average molecular weight is 328 g/mol. The predicted molar refractivity (Wildman–Crippen MR) is 91.3 cm³/mol. The van der Waals surface area contributed by atoms with Crippen molar-refractivity contribution >= 4 is 5.78 Å². The van der Waals surface area contributed by atoms with Crippen LogP contribution in [0, 0.1) is 28.6 Å². The number of ether oxygens (including phenoxy) is 2. The number of ketones is 1. The Balaban J connectivity index is 1.54. The first-order chi connectivity index (χ1) is 11.5. The molecule has 0 radical (unpaired) electrons. The molecule has 5 aliphatic rings. The maximum Gasteiger partial charge on any atom is 0.174 e. The number of carbonyl (C=O) groups excluding carboxylic acids is 1. The fourth-order valence-electron chi connectivity index (χ4n) is 6.88. The van der Waals surface area contributed by atoms with E-state index < -0.39 is 0 Å². The van der Waals surface area contributed by atoms with Crippen LogP contribution in [0.2, 0.25) is 0 Å². The van der Waals surface area contributed by atoms with E-state index in [4.69, 9.17) is 9.47 Å². The highest BCUT2D eigenvalue weighted by Gasteiger charge is 2.66. The van der Waals surface area contributed by atoms with Gasteiger partial charge in [0.05, 0.1) is 13.2 Å². The smallest absolute Gasteiger partial charge is 0.174 e. The molecule has 1 heterocycles. The lowest BCUT2D eigenvalue weighted by molar-refractivity contribution is -0.239. The highest BCUT2D eigenvalue weighted by atomic mass is 16.7. The summed E-state index contributed by atoms with van der Waals surface area (Å²) in [6.07, 6.45) is 13.0. The van der Waals surface area contributed by atoms with E-state index in [9.17, 15) is 4.79 Å². The van der Waals surface area contributed by atoms with Crippen molar-refractivity contribution < 1.29 is 14.3 Å². The molecule has 0 unspecified atom stereocenters. The van der Waals surface area contributed by atoms with Crippen LogP contribution in [0.4, 0.5) is 0 Å². The zero-order valence-electron chi connectivity index (χ0n) is 14.8. The van der Waals surface area contributed by atoms with Gasteiger partial charge in [0.25, 0.3) is 0 Å². The minimum atomic E-state index is -0.323. The van der Waals surface area contributed by atoms with Crippen LogP contribution in [-0.4, -0.2) is 24.8 Å². The molecular weight excluding hydrogens is 300 g/mol. The first kappa shape index (κ1) is 15.3. The number of fused-ring (bicyclic) bond motifs is 6. The molecular formula is C21H28O3. The fourth-order valence-corrected chi connectivity index (χ4v) is 6.88. The summed E-state index contributed by atoms with van der Waals surface area (Å²) in [5, 5.41) is 0. The number of hydrogen-bond donors (Lipinski definition) is 0. The van der Waals surface area contributed by atoms with E-state index in [-0.39, 0.29) is 16.6 Å². The third-order valence-electron chi connectivity index (χ3n) is 8.31. The summed E-state index contributed by atoms with van der Waals surface area (Å²) in [6, 6.07) is 0. The van der Waals surface area contributed by atoms with Crippen LogP contribution >= 0.6 is 0 Å². The monoisotopic (exact) mass is 328 g/mol. The summed E-state index contributed by atoms with van der Waals surface area (Å²) in [5.74, 6) is 1.89. The van der Waals surface area contributed by atoms with Crippen molar-refractivity contribution in [2.45, 2.75) is 58.2 Å². The molecule has 0 N–H and O–H groups in total. The van der Waals surface area contributed by atoms with Crippen molar-refractivity contribution in [1.82, 2.24) is 0 Å². The van der Waals surface area contributed by atoms with Crippen molar-refractivity contribution in [3.63, 3.8) is 0 Å². The Kier molecular flexibility index (Phi) is 3.08. The van der Waals surface area contributed by atoms with E-state index in [1.165, 1.54) is 24.8 Å². The molecule has 3 fully saturated rings. The molecule has 1 spiro atoms. The zero-order chi connectivity index (χ0) is 16.6. The lowest BCUT2D eigenvalue weighted by Gasteiger charge is -2.56. The molecule has 0 bridgehead atoms. The quantitative estimate of drug-likeness (QED) is 0.673. The van der Waals surface area contributed by atoms with Crippen molar-refractivity contribution in [3.8, 4) is 0 Å². The van der Waals surface area contributed by atoms with Crippen molar-refractivity contribution in [1.29, 1.82) is 0 Å². The Morgan fingerprint density at radius 1 is 1.04 bits per heavy atom. The molecule has 0 aromatic carbocycles. The second-order valence-corrected chi connectivity index (χ2v) is 9.08. The van der Waals surface area contributed by atoms with Crippen LogP contribution in [0.25, 0.3) is 0 Å². The van der Waals surface area contributed by atoms with Gasteiger partial charge in [-0.25, -0.2) is 0 Å². The second kappa shape index (κ2) is 4.82. The molecule has 0 amide bonds. The van der Waals surface area contributed by atoms with Crippen molar-refractivity contribution in [2.75, 3.05) is 13.2 Å². The van der Waals surface area contributed by atoms with Crippen LogP contribution in [0.5, 0.6) is 0 Å². The van der Waals surface area contributed by atoms with Gasteiger partial charge in [-0.1, -0.05) is 26.0 Å². The van der Waals surface area contributed by atoms with Crippen LogP contribution < -0.4 is 0 Å². The van der Waals surface area contributed by atoms with Crippen molar-refractivity contribution in [3.05, 3.63) is 23.8 Å². The highest BCUT2D eigenvalue weighted by molar-refractivity contribution is 5.92. The second-order valence-electron chi connectivity index (χ2n) is 9.08. The minimum Gasteiger partial charge on any atom is -0.347 e. The molecule has 1 aliphatic heterocycles. The van der Waals surface area contributed by atoms with E-state index >= 15 is 0 Å². The summed E-state index contributed by atoms with van der Waals surface area (Å²) in [4.78, 5) is 11.9. The largest absolute Gasteiger partial charge is 0.347 e. The number of allylic oxidation sites excluding steroid dienone is 4. The summed E-state index contributed by atoms with van der Waals surface area (Å²) in [5.41, 5.74) is 1.60. The fraction of sp³-hybridized carbons (Fsp3) is 0.762. The Morgan fingerprint density at radius 2 is 1.79 bits per heavy atom. The van der Waals surface area contributed by atoms with E-state index in [0.717, 1.165) is 32.5 Å². The van der Waals surface area contributed by atoms with Gasteiger partial charge in [-0.3, -0.25) is 4.79 Å². The molecule has 5 rings (SSSR count). The molecule has 0 aromatic heterocycles. The number of carbonyl (C=O) groups is 1. The van der Waals surface area contributed by atoms with Gasteiger partial charge in [0.2, 0.25) is 0 Å². The number of rotatable bonds is 0. The van der Waals surface area contributed by atoms with Gasteiger partial charge in [-0.05, 0) is 60.5 Å². The Hall–Kier alpha value is -0.930. The Morgan fingerprint density at radius 3 is 2.58 bits per heavy atom. The maximum atomic E-state index is 11.9. The first-order valence-electron chi connectivity index (χ1n) is 9.70. The molecule has 3 heteroatoms. The van der Waals surface area contributed by atoms with E-state index in [0.29, 0.717) is 23.5 Å². The average Bonchev–Trinajstić information content (AvgIpc) is 3.15. The van der Waals surface area contributed by atoms with Gasteiger partial charge < -0.3 is 9.47 Å². The minimum absolute atomic E-state index is 0.136. The van der Waals surface area contributed by atoms with Gasteiger partial charge in [0.1, 0.15) is 0 Å². The molecule has 4 aliphatic carbocycles. The van der Waals surface area contributed by atoms with E-state index in [2.05, 4.69) is 26.0 Å². The number of hydrogen-bond acceptors (Lipinski definition) is 3. The van der Waals surface area contributed by atoms with Crippen LogP contribution in [0.15, 0.2) is 23.8 Å². The molecule has 2 saturated carbocycles. The summed E-state index contributed by atoms with van der Waals surface area (Å²) < 4.78 is 12.4. The lowest BCUT2D eigenvalue weighted by atomic mass is 9.49. The molecule has 0 aromatic rings. The Labute approximate surface area is 144 Å². The first-order valence-corrected chi connectivity index (χ1v) is 9.70.